The molecule has 0 radical (unpaired) electrons. The zero-order chi connectivity index (χ0) is 25.3. The molecule has 9 heteroatoms. The molecule has 2 heterocycles. The molecule has 5 rings (SSSR count). The summed E-state index contributed by atoms with van der Waals surface area (Å²) in [7, 11) is 1.55. The third-order valence-electron chi connectivity index (χ3n) is 6.26. The topological polar surface area (TPSA) is 54.4 Å². The minimum Gasteiger partial charge on any atom is -0.497 e. The molecule has 6 nitrogen and oxygen atoms in total. The van der Waals surface area contributed by atoms with Crippen LogP contribution < -0.4 is 9.47 Å². The second-order valence-electron chi connectivity index (χ2n) is 8.58. The van der Waals surface area contributed by atoms with E-state index in [2.05, 4.69) is 4.99 Å². The Morgan fingerprint density at radius 1 is 0.944 bits per heavy atom. The number of carbonyl (C=O) groups excluding carboxylic acids is 1. The first kappa shape index (κ1) is 23.7. The molecule has 1 fully saturated rings. The quantitative estimate of drug-likeness (QED) is 0.455. The summed E-state index contributed by atoms with van der Waals surface area (Å²) in [4.78, 5) is 21.6. The number of amides is 1. The van der Waals surface area contributed by atoms with Crippen molar-refractivity contribution < 1.29 is 27.4 Å². The lowest BCUT2D eigenvalue weighted by atomic mass is 10.1. The van der Waals surface area contributed by atoms with Crippen LogP contribution in [-0.2, 0) is 6.18 Å². The van der Waals surface area contributed by atoms with Gasteiger partial charge in [-0.3, -0.25) is 4.79 Å². The van der Waals surface area contributed by atoms with Gasteiger partial charge in [0.15, 0.2) is 5.75 Å². The fourth-order valence-electron chi connectivity index (χ4n) is 4.41. The molecule has 186 valence electrons. The predicted molar refractivity (Wildman–Crippen MR) is 129 cm³/mol. The molecule has 0 N–H and O–H groups in total. The molecule has 0 saturated carbocycles. The SMILES string of the molecule is COc1cccc(C(=O)N2CCCN(C3=Nc4cc(C(F)(F)F)ccc4Oc4ccccc43)CC2)c1. The second-order valence-corrected chi connectivity index (χ2v) is 8.58. The normalized spacial score (nSPS) is 15.6. The summed E-state index contributed by atoms with van der Waals surface area (Å²) < 4.78 is 51.4. The van der Waals surface area contributed by atoms with Crippen LogP contribution in [0.25, 0.3) is 0 Å². The van der Waals surface area contributed by atoms with Gasteiger partial charge in [-0.05, 0) is 55.0 Å². The third-order valence-corrected chi connectivity index (χ3v) is 6.26. The number of nitrogens with zero attached hydrogens (tertiary/aromatic N) is 3. The van der Waals surface area contributed by atoms with Crippen molar-refractivity contribution >= 4 is 17.4 Å². The fourth-order valence-corrected chi connectivity index (χ4v) is 4.41. The molecule has 0 spiro atoms. The van der Waals surface area contributed by atoms with Crippen molar-refractivity contribution in [1.82, 2.24) is 9.80 Å². The summed E-state index contributed by atoms with van der Waals surface area (Å²) >= 11 is 0. The maximum absolute atomic E-state index is 13.4. The van der Waals surface area contributed by atoms with Gasteiger partial charge < -0.3 is 19.3 Å². The predicted octanol–water partition coefficient (Wildman–Crippen LogP) is 5.75. The summed E-state index contributed by atoms with van der Waals surface area (Å²) in [5.41, 5.74) is 0.561. The number of halogens is 3. The summed E-state index contributed by atoms with van der Waals surface area (Å²) in [6.45, 7) is 2.04. The summed E-state index contributed by atoms with van der Waals surface area (Å²) in [5.74, 6) is 1.82. The first-order valence-corrected chi connectivity index (χ1v) is 11.6. The van der Waals surface area contributed by atoms with Crippen LogP contribution in [0.3, 0.4) is 0 Å². The average Bonchev–Trinajstić information content (AvgIpc) is 3.22. The summed E-state index contributed by atoms with van der Waals surface area (Å²) in [6, 6.07) is 17.6. The van der Waals surface area contributed by atoms with E-state index in [1.54, 1.807) is 42.3 Å². The van der Waals surface area contributed by atoms with Gasteiger partial charge in [-0.25, -0.2) is 4.99 Å². The van der Waals surface area contributed by atoms with Crippen LogP contribution >= 0.6 is 0 Å². The Balaban J connectivity index is 1.45. The Kier molecular flexibility index (Phi) is 6.30. The molecule has 3 aromatic rings. The lowest BCUT2D eigenvalue weighted by Gasteiger charge is -2.25. The third kappa shape index (κ3) is 4.73. The van der Waals surface area contributed by atoms with Crippen molar-refractivity contribution in [3.05, 3.63) is 83.4 Å². The first-order valence-electron chi connectivity index (χ1n) is 11.6. The Morgan fingerprint density at radius 2 is 1.78 bits per heavy atom. The molecule has 0 aliphatic carbocycles. The van der Waals surface area contributed by atoms with E-state index >= 15 is 0 Å². The van der Waals surface area contributed by atoms with Crippen molar-refractivity contribution in [1.29, 1.82) is 0 Å². The van der Waals surface area contributed by atoms with Crippen LogP contribution in [0.15, 0.2) is 71.7 Å². The average molecular weight is 496 g/mol. The zero-order valence-electron chi connectivity index (χ0n) is 19.6. The van der Waals surface area contributed by atoms with Crippen LogP contribution in [0.4, 0.5) is 18.9 Å². The lowest BCUT2D eigenvalue weighted by Crippen LogP contribution is -2.37. The van der Waals surface area contributed by atoms with E-state index in [1.807, 2.05) is 23.1 Å². The molecule has 0 bridgehead atoms. The Bertz CT molecular complexity index is 1320. The summed E-state index contributed by atoms with van der Waals surface area (Å²) in [5, 5.41) is 0. The van der Waals surface area contributed by atoms with Crippen molar-refractivity contribution in [3.63, 3.8) is 0 Å². The maximum atomic E-state index is 13.4. The van der Waals surface area contributed by atoms with Gasteiger partial charge in [-0.15, -0.1) is 0 Å². The van der Waals surface area contributed by atoms with Crippen LogP contribution in [-0.4, -0.2) is 54.8 Å². The number of amidine groups is 1. The number of para-hydroxylation sites is 1. The minimum absolute atomic E-state index is 0.0950. The summed E-state index contributed by atoms with van der Waals surface area (Å²) in [6.07, 6.45) is -3.82. The molecule has 3 aromatic carbocycles. The highest BCUT2D eigenvalue weighted by atomic mass is 19.4. The molecular formula is C27H24F3N3O3. The number of aliphatic imine (C=N–C) groups is 1. The molecule has 2 aliphatic heterocycles. The van der Waals surface area contributed by atoms with Gasteiger partial charge in [0.25, 0.3) is 5.91 Å². The number of alkyl halides is 3. The number of methoxy groups -OCH3 is 1. The van der Waals surface area contributed by atoms with Crippen LogP contribution in [0.5, 0.6) is 17.2 Å². The number of hydrogen-bond donors (Lipinski definition) is 0. The second kappa shape index (κ2) is 9.56. The highest BCUT2D eigenvalue weighted by molar-refractivity contribution is 6.04. The van der Waals surface area contributed by atoms with Crippen molar-refractivity contribution in [2.45, 2.75) is 12.6 Å². The minimum atomic E-state index is -4.49. The zero-order valence-corrected chi connectivity index (χ0v) is 19.6. The molecular weight excluding hydrogens is 471 g/mol. The van der Waals surface area contributed by atoms with E-state index in [0.717, 1.165) is 12.1 Å². The van der Waals surface area contributed by atoms with Crippen LogP contribution in [0, 0.1) is 0 Å². The fraction of sp³-hybridized carbons (Fsp3) is 0.259. The van der Waals surface area contributed by atoms with E-state index < -0.39 is 11.7 Å². The van der Waals surface area contributed by atoms with Gasteiger partial charge in [-0.1, -0.05) is 18.2 Å². The van der Waals surface area contributed by atoms with Gasteiger partial charge in [0.05, 0.1) is 18.2 Å². The Labute approximate surface area is 206 Å². The highest BCUT2D eigenvalue weighted by Gasteiger charge is 2.32. The van der Waals surface area contributed by atoms with Crippen LogP contribution in [0.1, 0.15) is 27.9 Å². The molecule has 2 aliphatic rings. The van der Waals surface area contributed by atoms with Crippen molar-refractivity contribution in [3.8, 4) is 17.2 Å². The van der Waals surface area contributed by atoms with Crippen molar-refractivity contribution in [2.24, 2.45) is 4.99 Å². The van der Waals surface area contributed by atoms with E-state index in [-0.39, 0.29) is 17.3 Å². The smallest absolute Gasteiger partial charge is 0.416 e. The first-order chi connectivity index (χ1) is 17.3. The van der Waals surface area contributed by atoms with Crippen molar-refractivity contribution in [2.75, 3.05) is 33.3 Å². The van der Waals surface area contributed by atoms with E-state index in [9.17, 15) is 18.0 Å². The van der Waals surface area contributed by atoms with Gasteiger partial charge in [0.2, 0.25) is 0 Å². The monoisotopic (exact) mass is 495 g/mol. The van der Waals surface area contributed by atoms with Gasteiger partial charge in [-0.2, -0.15) is 13.2 Å². The van der Waals surface area contributed by atoms with E-state index in [0.29, 0.717) is 61.1 Å². The molecule has 0 aromatic heterocycles. The number of benzene rings is 3. The van der Waals surface area contributed by atoms with Gasteiger partial charge in [0.1, 0.15) is 23.0 Å². The number of fused-ring (bicyclic) bond motifs is 2. The number of rotatable bonds is 2. The van der Waals surface area contributed by atoms with E-state index in [1.165, 1.54) is 6.07 Å². The van der Waals surface area contributed by atoms with E-state index in [4.69, 9.17) is 9.47 Å². The number of carbonyl (C=O) groups is 1. The number of ether oxygens (including phenoxy) is 2. The molecule has 0 atom stereocenters. The molecule has 1 saturated heterocycles. The maximum Gasteiger partial charge on any atom is 0.416 e. The largest absolute Gasteiger partial charge is 0.497 e. The molecule has 0 unspecified atom stereocenters. The molecule has 36 heavy (non-hydrogen) atoms. The molecule has 1 amide bonds. The lowest BCUT2D eigenvalue weighted by molar-refractivity contribution is -0.137. The highest BCUT2D eigenvalue weighted by Crippen LogP contribution is 2.41. The van der Waals surface area contributed by atoms with Crippen LogP contribution in [0.2, 0.25) is 0 Å². The Hall–Kier alpha value is -4.01. The van der Waals surface area contributed by atoms with Gasteiger partial charge in [0, 0.05) is 31.7 Å². The number of hydrogen-bond acceptors (Lipinski definition) is 5. The standard InChI is InChI=1S/C27H24F3N3O3/c1-35-20-7-4-6-18(16-20)26(34)33-13-5-12-32(14-15-33)25-21-8-2-3-9-23(21)36-24-11-10-19(27(28,29)30)17-22(24)31-25/h2-4,6-11,16-17H,5,12-15H2,1H3. The Morgan fingerprint density at radius 3 is 2.58 bits per heavy atom. The van der Waals surface area contributed by atoms with Gasteiger partial charge >= 0.3 is 6.18 Å².